The zero-order chi connectivity index (χ0) is 9.14. The molecule has 1 heterocycles. The molecule has 1 saturated heterocycles. The van der Waals surface area contributed by atoms with Gasteiger partial charge in [-0.15, -0.1) is 0 Å². The van der Waals surface area contributed by atoms with E-state index in [0.717, 1.165) is 0 Å². The Balaban J connectivity index is 2.68. The molecular weight excluding hydrogens is 156 g/mol. The Kier molecular flexibility index (Phi) is 3.02. The summed E-state index contributed by atoms with van der Waals surface area (Å²) in [5, 5.41) is 11.9. The maximum atomic E-state index is 11.3. The van der Waals surface area contributed by atoms with E-state index in [0.29, 0.717) is 0 Å². The number of amides is 1. The van der Waals surface area contributed by atoms with Gasteiger partial charge in [-0.3, -0.25) is 10.1 Å². The molecule has 3 atom stereocenters. The fraction of sp³-hybridized carbons (Fsp3) is 0.857. The molecule has 1 fully saturated rings. The maximum Gasteiger partial charge on any atom is 0.240 e. The van der Waals surface area contributed by atoms with Crippen LogP contribution in [0.5, 0.6) is 0 Å². The van der Waals surface area contributed by atoms with E-state index in [1.807, 2.05) is 14.1 Å². The molecule has 0 radical (unpaired) electrons. The number of rotatable bonds is 3. The fourth-order valence-electron chi connectivity index (χ4n) is 1.58. The lowest BCUT2D eigenvalue weighted by molar-refractivity contribution is -0.121. The third-order valence-corrected chi connectivity index (χ3v) is 2.25. The predicted molar refractivity (Wildman–Crippen MR) is 46.7 cm³/mol. The lowest BCUT2D eigenvalue weighted by Gasteiger charge is -2.20. The molecule has 0 aromatic heterocycles. The van der Waals surface area contributed by atoms with Crippen molar-refractivity contribution >= 4 is 5.91 Å². The highest BCUT2D eigenvalue weighted by atomic mass is 16.2. The van der Waals surface area contributed by atoms with Crippen LogP contribution < -0.4 is 21.3 Å². The van der Waals surface area contributed by atoms with Crippen molar-refractivity contribution in [2.45, 2.75) is 18.2 Å². The second-order valence-electron chi connectivity index (χ2n) is 2.86. The standard InChI is InChI=1S/C7H16N4O/c1-8-4-5(9-2)7(12)11-6(4)10-3/h4-6,8-10H,1-3H3,(H,11,12). The minimum Gasteiger partial charge on any atom is -0.338 e. The number of likely N-dealkylation sites (N-methyl/N-ethyl adjacent to an activating group) is 3. The first-order chi connectivity index (χ1) is 5.74. The van der Waals surface area contributed by atoms with Crippen LogP contribution in [-0.4, -0.2) is 45.3 Å². The first kappa shape index (κ1) is 9.44. The van der Waals surface area contributed by atoms with Crippen LogP contribution in [0.15, 0.2) is 0 Å². The Morgan fingerprint density at radius 1 is 1.17 bits per heavy atom. The molecule has 70 valence electrons. The molecule has 0 aliphatic carbocycles. The maximum absolute atomic E-state index is 11.3. The normalized spacial score (nSPS) is 35.2. The van der Waals surface area contributed by atoms with Crippen LogP contribution in [0.3, 0.4) is 0 Å². The number of nitrogens with one attached hydrogen (secondary N) is 4. The van der Waals surface area contributed by atoms with E-state index in [-0.39, 0.29) is 24.2 Å². The zero-order valence-corrected chi connectivity index (χ0v) is 7.64. The molecule has 1 aliphatic heterocycles. The lowest BCUT2D eigenvalue weighted by Crippen LogP contribution is -2.52. The summed E-state index contributed by atoms with van der Waals surface area (Å²) >= 11 is 0. The molecule has 0 saturated carbocycles. The van der Waals surface area contributed by atoms with Crippen molar-refractivity contribution in [1.29, 1.82) is 0 Å². The molecule has 0 aromatic rings. The Morgan fingerprint density at radius 3 is 2.25 bits per heavy atom. The average molecular weight is 172 g/mol. The molecule has 5 nitrogen and oxygen atoms in total. The second kappa shape index (κ2) is 3.84. The van der Waals surface area contributed by atoms with Crippen molar-refractivity contribution in [3.05, 3.63) is 0 Å². The summed E-state index contributed by atoms with van der Waals surface area (Å²) in [5.74, 6) is 0.0381. The summed E-state index contributed by atoms with van der Waals surface area (Å²) < 4.78 is 0. The smallest absolute Gasteiger partial charge is 0.240 e. The summed E-state index contributed by atoms with van der Waals surface area (Å²) in [6.45, 7) is 0. The molecule has 0 spiro atoms. The molecule has 1 rings (SSSR count). The van der Waals surface area contributed by atoms with Crippen LogP contribution in [0.1, 0.15) is 0 Å². The minimum absolute atomic E-state index is 0.0138. The molecule has 3 unspecified atom stereocenters. The van der Waals surface area contributed by atoms with E-state index < -0.39 is 0 Å². The number of hydrogen-bond acceptors (Lipinski definition) is 4. The quantitative estimate of drug-likeness (QED) is 0.391. The van der Waals surface area contributed by atoms with Gasteiger partial charge in [-0.05, 0) is 21.1 Å². The highest BCUT2D eigenvalue weighted by Gasteiger charge is 2.39. The van der Waals surface area contributed by atoms with E-state index >= 15 is 0 Å². The van der Waals surface area contributed by atoms with Crippen molar-refractivity contribution in [3.63, 3.8) is 0 Å². The van der Waals surface area contributed by atoms with E-state index in [2.05, 4.69) is 21.3 Å². The topological polar surface area (TPSA) is 65.2 Å². The van der Waals surface area contributed by atoms with Gasteiger partial charge in [0.1, 0.15) is 6.04 Å². The predicted octanol–water partition coefficient (Wildman–Crippen LogP) is -2.16. The van der Waals surface area contributed by atoms with Crippen molar-refractivity contribution in [3.8, 4) is 0 Å². The van der Waals surface area contributed by atoms with E-state index in [1.165, 1.54) is 0 Å². The molecule has 0 aromatic carbocycles. The van der Waals surface area contributed by atoms with Gasteiger partial charge in [-0.1, -0.05) is 0 Å². The molecular formula is C7H16N4O. The SMILES string of the molecule is CNC1NC(=O)C(NC)C1NC. The second-order valence-corrected chi connectivity index (χ2v) is 2.86. The largest absolute Gasteiger partial charge is 0.338 e. The summed E-state index contributed by atoms with van der Waals surface area (Å²) in [4.78, 5) is 11.3. The van der Waals surface area contributed by atoms with Crippen molar-refractivity contribution in [1.82, 2.24) is 21.3 Å². The Bertz CT molecular complexity index is 173. The third kappa shape index (κ3) is 1.43. The van der Waals surface area contributed by atoms with E-state index in [9.17, 15) is 4.79 Å². The minimum atomic E-state index is -0.146. The van der Waals surface area contributed by atoms with Gasteiger partial charge in [0, 0.05) is 0 Å². The van der Waals surface area contributed by atoms with Crippen LogP contribution in [0.2, 0.25) is 0 Å². The summed E-state index contributed by atoms with van der Waals surface area (Å²) in [6.07, 6.45) is 0.0138. The number of hydrogen-bond donors (Lipinski definition) is 4. The zero-order valence-electron chi connectivity index (χ0n) is 7.64. The van der Waals surface area contributed by atoms with Crippen LogP contribution in [0.4, 0.5) is 0 Å². The van der Waals surface area contributed by atoms with Crippen molar-refractivity contribution < 1.29 is 4.79 Å². The first-order valence-corrected chi connectivity index (χ1v) is 4.06. The first-order valence-electron chi connectivity index (χ1n) is 4.06. The van der Waals surface area contributed by atoms with Gasteiger partial charge >= 0.3 is 0 Å². The van der Waals surface area contributed by atoms with Crippen molar-refractivity contribution in [2.75, 3.05) is 21.1 Å². The van der Waals surface area contributed by atoms with E-state index in [1.54, 1.807) is 7.05 Å². The molecule has 1 amide bonds. The molecule has 4 N–H and O–H groups in total. The highest BCUT2D eigenvalue weighted by Crippen LogP contribution is 2.05. The van der Waals surface area contributed by atoms with Crippen molar-refractivity contribution in [2.24, 2.45) is 0 Å². The third-order valence-electron chi connectivity index (χ3n) is 2.25. The molecule has 12 heavy (non-hydrogen) atoms. The van der Waals surface area contributed by atoms with Gasteiger partial charge in [0.25, 0.3) is 0 Å². The Morgan fingerprint density at radius 2 is 1.83 bits per heavy atom. The summed E-state index contributed by atoms with van der Waals surface area (Å²) in [7, 11) is 5.46. The van der Waals surface area contributed by atoms with Crippen LogP contribution >= 0.6 is 0 Å². The van der Waals surface area contributed by atoms with Gasteiger partial charge in [0.2, 0.25) is 5.91 Å². The average Bonchev–Trinajstić information content (AvgIpc) is 2.40. The fourth-order valence-corrected chi connectivity index (χ4v) is 1.58. The Labute approximate surface area is 72.3 Å². The van der Waals surface area contributed by atoms with Crippen LogP contribution in [-0.2, 0) is 4.79 Å². The molecule has 5 heteroatoms. The van der Waals surface area contributed by atoms with Crippen LogP contribution in [0.25, 0.3) is 0 Å². The van der Waals surface area contributed by atoms with Gasteiger partial charge in [-0.2, -0.15) is 0 Å². The van der Waals surface area contributed by atoms with Gasteiger partial charge < -0.3 is 16.0 Å². The van der Waals surface area contributed by atoms with E-state index in [4.69, 9.17) is 0 Å². The molecule has 1 aliphatic rings. The summed E-state index contributed by atoms with van der Waals surface area (Å²) in [6, 6.07) is -0.0417. The van der Waals surface area contributed by atoms with Gasteiger partial charge in [0.15, 0.2) is 0 Å². The Hall–Kier alpha value is -0.650. The monoisotopic (exact) mass is 172 g/mol. The van der Waals surface area contributed by atoms with Crippen LogP contribution in [0, 0.1) is 0 Å². The summed E-state index contributed by atoms with van der Waals surface area (Å²) in [5.41, 5.74) is 0. The highest BCUT2D eigenvalue weighted by molar-refractivity contribution is 5.85. The number of carbonyl (C=O) groups excluding carboxylic acids is 1. The molecule has 0 bridgehead atoms. The van der Waals surface area contributed by atoms with Gasteiger partial charge in [-0.25, -0.2) is 0 Å². The van der Waals surface area contributed by atoms with Gasteiger partial charge in [0.05, 0.1) is 12.2 Å². The lowest BCUT2D eigenvalue weighted by atomic mass is 10.1. The number of carbonyl (C=O) groups is 1.